The topological polar surface area (TPSA) is 71.8 Å². The summed E-state index contributed by atoms with van der Waals surface area (Å²) < 4.78 is 1.92. The van der Waals surface area contributed by atoms with Crippen LogP contribution >= 0.6 is 11.6 Å². The average molecular weight is 294 g/mol. The van der Waals surface area contributed by atoms with Gasteiger partial charge in [-0.05, 0) is 25.1 Å². The van der Waals surface area contributed by atoms with E-state index in [4.69, 9.17) is 11.6 Å². The van der Waals surface area contributed by atoms with Crippen molar-refractivity contribution in [1.29, 1.82) is 0 Å². The van der Waals surface area contributed by atoms with Crippen molar-refractivity contribution in [2.75, 3.05) is 11.9 Å². The molecule has 0 aliphatic heterocycles. The number of aryl methyl sites for hydroxylation is 1. The van der Waals surface area contributed by atoms with Crippen LogP contribution in [0, 0.1) is 0 Å². The maximum atomic E-state index is 11.7. The van der Waals surface area contributed by atoms with Gasteiger partial charge in [-0.3, -0.25) is 4.79 Å². The maximum absolute atomic E-state index is 11.7. The molecule has 2 N–H and O–H groups in total. The van der Waals surface area contributed by atoms with E-state index in [9.17, 15) is 4.79 Å². The van der Waals surface area contributed by atoms with Crippen molar-refractivity contribution < 1.29 is 4.79 Å². The lowest BCUT2D eigenvalue weighted by Crippen LogP contribution is -2.28. The number of carbonyl (C=O) groups excluding carboxylic acids is 1. The average Bonchev–Trinajstić information content (AvgIpc) is 2.86. The number of benzene rings is 1. The van der Waals surface area contributed by atoms with Crippen LogP contribution in [-0.4, -0.2) is 27.2 Å². The lowest BCUT2D eigenvalue weighted by Gasteiger charge is -2.07. The number of hydrogen-bond donors (Lipinski definition) is 2. The van der Waals surface area contributed by atoms with Crippen LogP contribution in [0.3, 0.4) is 0 Å². The Bertz CT molecular complexity index is 584. The molecular formula is C13H16ClN5O. The third kappa shape index (κ3) is 4.04. The predicted octanol–water partition coefficient (Wildman–Crippen LogP) is 1.68. The van der Waals surface area contributed by atoms with Gasteiger partial charge in [0, 0.05) is 17.3 Å². The summed E-state index contributed by atoms with van der Waals surface area (Å²) >= 11 is 5.85. The zero-order chi connectivity index (χ0) is 14.4. The van der Waals surface area contributed by atoms with E-state index in [1.807, 2.05) is 11.5 Å². The fraction of sp³-hybridized carbons (Fsp3) is 0.308. The Labute approximate surface area is 122 Å². The third-order valence-electron chi connectivity index (χ3n) is 2.71. The monoisotopic (exact) mass is 293 g/mol. The Kier molecular flexibility index (Phi) is 5.09. The molecule has 0 radical (unpaired) electrons. The summed E-state index contributed by atoms with van der Waals surface area (Å²) in [6.07, 6.45) is 1.67. The summed E-state index contributed by atoms with van der Waals surface area (Å²) in [7, 11) is 0. The number of anilines is 1. The van der Waals surface area contributed by atoms with E-state index in [1.54, 1.807) is 30.6 Å². The second-order valence-electron chi connectivity index (χ2n) is 4.20. The molecular weight excluding hydrogens is 278 g/mol. The molecule has 1 aromatic carbocycles. The van der Waals surface area contributed by atoms with E-state index < -0.39 is 0 Å². The lowest BCUT2D eigenvalue weighted by molar-refractivity contribution is -0.115. The summed E-state index contributed by atoms with van der Waals surface area (Å²) in [5, 5.41) is 14.2. The fourth-order valence-corrected chi connectivity index (χ4v) is 1.93. The molecule has 0 fully saturated rings. The predicted molar refractivity (Wildman–Crippen MR) is 77.5 cm³/mol. The summed E-state index contributed by atoms with van der Waals surface area (Å²) in [4.78, 5) is 11.7. The molecule has 0 aliphatic carbocycles. The minimum Gasteiger partial charge on any atom is -0.325 e. The fourth-order valence-electron chi connectivity index (χ4n) is 1.74. The van der Waals surface area contributed by atoms with Crippen LogP contribution in [0.1, 0.15) is 12.7 Å². The van der Waals surface area contributed by atoms with Gasteiger partial charge in [0.25, 0.3) is 0 Å². The molecule has 6 nitrogen and oxygen atoms in total. The molecule has 7 heteroatoms. The highest BCUT2D eigenvalue weighted by atomic mass is 35.5. The Hall–Kier alpha value is -1.92. The molecule has 0 saturated carbocycles. The third-order valence-corrected chi connectivity index (χ3v) is 2.95. The smallest absolute Gasteiger partial charge is 0.238 e. The first-order valence-electron chi connectivity index (χ1n) is 6.32. The summed E-state index contributed by atoms with van der Waals surface area (Å²) in [5.74, 6) is 0.679. The molecule has 1 amide bonds. The number of nitrogens with one attached hydrogen (secondary N) is 2. The van der Waals surface area contributed by atoms with Crippen molar-refractivity contribution in [3.8, 4) is 0 Å². The van der Waals surface area contributed by atoms with Gasteiger partial charge in [0.15, 0.2) is 0 Å². The van der Waals surface area contributed by atoms with Crippen LogP contribution < -0.4 is 10.6 Å². The highest BCUT2D eigenvalue weighted by Gasteiger charge is 2.05. The molecule has 0 aliphatic rings. The molecule has 1 aromatic heterocycles. The van der Waals surface area contributed by atoms with Crippen molar-refractivity contribution in [1.82, 2.24) is 20.1 Å². The summed E-state index contributed by atoms with van der Waals surface area (Å²) in [5.41, 5.74) is 0.682. The zero-order valence-electron chi connectivity index (χ0n) is 11.1. The first kappa shape index (κ1) is 14.5. The maximum Gasteiger partial charge on any atom is 0.238 e. The van der Waals surface area contributed by atoms with Gasteiger partial charge in [-0.15, -0.1) is 10.2 Å². The van der Waals surface area contributed by atoms with E-state index in [0.717, 1.165) is 12.4 Å². The molecule has 0 spiro atoms. The summed E-state index contributed by atoms with van der Waals surface area (Å²) in [6.45, 7) is 3.51. The molecule has 2 rings (SSSR count). The van der Waals surface area contributed by atoms with Crippen molar-refractivity contribution in [3.05, 3.63) is 41.4 Å². The number of carbonyl (C=O) groups is 1. The largest absolute Gasteiger partial charge is 0.325 e. The number of amides is 1. The first-order chi connectivity index (χ1) is 9.69. The van der Waals surface area contributed by atoms with Gasteiger partial charge in [-0.2, -0.15) is 0 Å². The minimum absolute atomic E-state index is 0.130. The van der Waals surface area contributed by atoms with Gasteiger partial charge in [0.05, 0.1) is 13.1 Å². The molecule has 0 bridgehead atoms. The van der Waals surface area contributed by atoms with E-state index in [0.29, 0.717) is 17.3 Å². The van der Waals surface area contributed by atoms with Gasteiger partial charge in [-0.25, -0.2) is 0 Å². The Morgan fingerprint density at radius 2 is 2.30 bits per heavy atom. The molecule has 2 aromatic rings. The number of halogens is 1. The number of aromatic nitrogens is 3. The normalized spacial score (nSPS) is 10.5. The van der Waals surface area contributed by atoms with Gasteiger partial charge in [-0.1, -0.05) is 17.7 Å². The van der Waals surface area contributed by atoms with Gasteiger partial charge in [0.1, 0.15) is 12.2 Å². The van der Waals surface area contributed by atoms with E-state index in [-0.39, 0.29) is 12.5 Å². The molecule has 0 atom stereocenters. The van der Waals surface area contributed by atoms with Gasteiger partial charge in [0.2, 0.25) is 5.91 Å². The van der Waals surface area contributed by atoms with Crippen molar-refractivity contribution in [3.63, 3.8) is 0 Å². The van der Waals surface area contributed by atoms with Crippen LogP contribution in [0.4, 0.5) is 5.69 Å². The SMILES string of the molecule is CCn1cnnc1CNCC(=O)Nc1cccc(Cl)c1. The Balaban J connectivity index is 1.78. The highest BCUT2D eigenvalue weighted by molar-refractivity contribution is 6.30. The van der Waals surface area contributed by atoms with Crippen LogP contribution in [0.25, 0.3) is 0 Å². The second-order valence-corrected chi connectivity index (χ2v) is 4.63. The molecule has 0 saturated heterocycles. The highest BCUT2D eigenvalue weighted by Crippen LogP contribution is 2.14. The Morgan fingerprint density at radius 1 is 1.45 bits per heavy atom. The number of nitrogens with zero attached hydrogens (tertiary/aromatic N) is 3. The number of rotatable bonds is 6. The zero-order valence-corrected chi connectivity index (χ0v) is 11.9. The molecule has 1 heterocycles. The standard InChI is InChI=1S/C13H16ClN5O/c1-2-19-9-16-18-12(19)7-15-8-13(20)17-11-5-3-4-10(14)6-11/h3-6,9,15H,2,7-8H2,1H3,(H,17,20). The van der Waals surface area contributed by atoms with Gasteiger partial charge < -0.3 is 15.2 Å². The van der Waals surface area contributed by atoms with Crippen molar-refractivity contribution >= 4 is 23.2 Å². The minimum atomic E-state index is -0.130. The molecule has 0 unspecified atom stereocenters. The first-order valence-corrected chi connectivity index (χ1v) is 6.69. The lowest BCUT2D eigenvalue weighted by atomic mass is 10.3. The molecule has 106 valence electrons. The summed E-state index contributed by atoms with van der Waals surface area (Å²) in [6, 6.07) is 7.03. The Morgan fingerprint density at radius 3 is 3.05 bits per heavy atom. The van der Waals surface area contributed by atoms with Crippen LogP contribution in [0.15, 0.2) is 30.6 Å². The van der Waals surface area contributed by atoms with Crippen molar-refractivity contribution in [2.24, 2.45) is 0 Å². The van der Waals surface area contributed by atoms with Crippen LogP contribution in [0.5, 0.6) is 0 Å². The van der Waals surface area contributed by atoms with Crippen LogP contribution in [-0.2, 0) is 17.9 Å². The number of hydrogen-bond acceptors (Lipinski definition) is 4. The van der Waals surface area contributed by atoms with Gasteiger partial charge >= 0.3 is 0 Å². The van der Waals surface area contributed by atoms with E-state index in [2.05, 4.69) is 20.8 Å². The second kappa shape index (κ2) is 7.02. The molecule has 20 heavy (non-hydrogen) atoms. The van der Waals surface area contributed by atoms with Crippen LogP contribution in [0.2, 0.25) is 5.02 Å². The van der Waals surface area contributed by atoms with Crippen molar-refractivity contribution in [2.45, 2.75) is 20.0 Å². The van der Waals surface area contributed by atoms with E-state index >= 15 is 0 Å². The quantitative estimate of drug-likeness (QED) is 0.850. The van der Waals surface area contributed by atoms with E-state index in [1.165, 1.54) is 0 Å².